The number of hydrogen-bond donors (Lipinski definition) is 0. The van der Waals surface area contributed by atoms with E-state index in [9.17, 15) is 13.2 Å². The summed E-state index contributed by atoms with van der Waals surface area (Å²) in [6.45, 7) is 4.99. The van der Waals surface area contributed by atoms with E-state index in [1.807, 2.05) is 16.3 Å². The van der Waals surface area contributed by atoms with Crippen LogP contribution < -0.4 is 0 Å². The molecule has 0 bridgehead atoms. The van der Waals surface area contributed by atoms with Crippen molar-refractivity contribution in [3.05, 3.63) is 0 Å². The molecule has 98 valence electrons. The van der Waals surface area contributed by atoms with Crippen molar-refractivity contribution in [2.75, 3.05) is 19.7 Å². The summed E-state index contributed by atoms with van der Waals surface area (Å²) in [5.74, 6) is -0.579. The molecule has 0 aliphatic carbocycles. The fourth-order valence-corrected chi connectivity index (χ4v) is 2.11. The molecule has 1 atom stereocenters. The van der Waals surface area contributed by atoms with E-state index < -0.39 is 10.9 Å². The molecule has 0 radical (unpaired) electrons. The average Bonchev–Trinajstić information content (AvgIpc) is 2.30. The Hall–Kier alpha value is -0.0875. The van der Waals surface area contributed by atoms with E-state index in [4.69, 9.17) is 4.74 Å². The molecule has 1 aliphatic rings. The van der Waals surface area contributed by atoms with Crippen LogP contribution >= 0.6 is 0 Å². The molecule has 5 nitrogen and oxygen atoms in total. The van der Waals surface area contributed by atoms with Crippen molar-refractivity contribution in [3.63, 3.8) is 0 Å². The fraction of sp³-hybridized carbons (Fsp3) is 0.900. The van der Waals surface area contributed by atoms with Crippen LogP contribution in [-0.2, 0) is 28.8 Å². The molecule has 1 heterocycles. The first-order chi connectivity index (χ1) is 8.06. The van der Waals surface area contributed by atoms with Crippen LogP contribution in [0.4, 0.5) is 0 Å². The first kappa shape index (κ1) is 16.9. The summed E-state index contributed by atoms with van der Waals surface area (Å²) in [5.41, 5.74) is 0. The van der Waals surface area contributed by atoms with Crippen LogP contribution in [-0.4, -0.2) is 46.3 Å². The summed E-state index contributed by atoms with van der Waals surface area (Å²) in [6, 6.07) is 0. The summed E-state index contributed by atoms with van der Waals surface area (Å²) < 4.78 is 27.4. The summed E-state index contributed by atoms with van der Waals surface area (Å²) >= 11 is 1.97. The molecule has 7 heteroatoms. The molecule has 0 amide bonds. The van der Waals surface area contributed by atoms with Crippen LogP contribution in [0.5, 0.6) is 0 Å². The zero-order valence-corrected chi connectivity index (χ0v) is 12.7. The Labute approximate surface area is 113 Å². The van der Waals surface area contributed by atoms with Crippen LogP contribution in [0.25, 0.3) is 0 Å². The Bertz CT molecular complexity index is 288. The molecule has 1 aliphatic heterocycles. The van der Waals surface area contributed by atoms with Gasteiger partial charge >= 0.3 is 34.5 Å². The Kier molecular flexibility index (Phi) is 9.84. The minimum absolute atomic E-state index is 0.259. The summed E-state index contributed by atoms with van der Waals surface area (Å²) in [5, 5.41) is 1.28. The Balaban J connectivity index is 0.000000770. The zero-order valence-electron chi connectivity index (χ0n) is 10.5. The van der Waals surface area contributed by atoms with Crippen molar-refractivity contribution in [2.24, 2.45) is 5.92 Å². The Morgan fingerprint density at radius 2 is 2.06 bits per heavy atom. The number of rotatable bonds is 3. The van der Waals surface area contributed by atoms with Gasteiger partial charge in [0.05, 0.1) is 12.5 Å². The molecule has 0 aromatic heterocycles. The van der Waals surface area contributed by atoms with Gasteiger partial charge in [0.25, 0.3) is 0 Å². The molecule has 0 saturated carbocycles. The number of nitrogens with zero attached hydrogens (tertiary/aromatic N) is 1. The van der Waals surface area contributed by atoms with Crippen LogP contribution in [0.1, 0.15) is 26.7 Å². The van der Waals surface area contributed by atoms with Gasteiger partial charge in [-0.15, -0.1) is 0 Å². The molecule has 0 N–H and O–H groups in total. The maximum absolute atomic E-state index is 11.3. The van der Waals surface area contributed by atoms with Gasteiger partial charge in [-0.3, -0.25) is 4.79 Å². The van der Waals surface area contributed by atoms with Gasteiger partial charge in [-0.25, -0.2) is 0 Å². The van der Waals surface area contributed by atoms with Gasteiger partial charge < -0.3 is 17.5 Å². The third kappa shape index (κ3) is 7.04. The van der Waals surface area contributed by atoms with Crippen molar-refractivity contribution in [1.29, 1.82) is 0 Å². The first-order valence-corrected chi connectivity index (χ1v) is 7.90. The molecule has 1 saturated heterocycles. The fourth-order valence-electron chi connectivity index (χ4n) is 1.53. The quantitative estimate of drug-likeness (QED) is 0.435. The van der Waals surface area contributed by atoms with Crippen molar-refractivity contribution >= 4 is 33.1 Å². The van der Waals surface area contributed by atoms with E-state index in [0.29, 0.717) is 19.6 Å². The van der Waals surface area contributed by atoms with Gasteiger partial charge in [0, 0.05) is 0 Å². The summed E-state index contributed by atoms with van der Waals surface area (Å²) in [7, 11) is -2.22. The predicted molar refractivity (Wildman–Crippen MR) is 67.3 cm³/mol. The molecule has 0 aromatic rings. The normalized spacial score (nSPS) is 20.5. The minimum atomic E-state index is -2.22. The standard InChI is InChI=1S/C8H14NO4S.C2H5.Al.H/c1-2-13-8(10)7-4-3-5-9(6-7)14(11)12;1-2;;/h7H,2-6H2,1H3;1H2,2H3;;/q-1;;+1;. The van der Waals surface area contributed by atoms with Gasteiger partial charge in [0.2, 0.25) is 0 Å². The topological polar surface area (TPSA) is 63.7 Å². The van der Waals surface area contributed by atoms with E-state index in [1.165, 1.54) is 9.59 Å². The van der Waals surface area contributed by atoms with Gasteiger partial charge in [-0.05, 0) is 43.7 Å². The Morgan fingerprint density at radius 1 is 1.47 bits per heavy atom. The van der Waals surface area contributed by atoms with E-state index in [1.54, 1.807) is 6.92 Å². The van der Waals surface area contributed by atoms with Gasteiger partial charge in [-0.2, -0.15) is 0 Å². The van der Waals surface area contributed by atoms with Gasteiger partial charge in [0.15, 0.2) is 0 Å². The molecule has 1 unspecified atom stereocenters. The Morgan fingerprint density at radius 3 is 2.53 bits per heavy atom. The molecular weight excluding hydrogens is 257 g/mol. The predicted octanol–water partition coefficient (Wildman–Crippen LogP) is 0.811. The summed E-state index contributed by atoms with van der Waals surface area (Å²) in [6.07, 6.45) is 1.43. The van der Waals surface area contributed by atoms with E-state index in [0.717, 1.165) is 6.42 Å². The van der Waals surface area contributed by atoms with Crippen LogP contribution in [0.15, 0.2) is 0 Å². The first-order valence-electron chi connectivity index (χ1n) is 5.86. The average molecular weight is 277 g/mol. The van der Waals surface area contributed by atoms with Gasteiger partial charge in [-0.1, -0.05) is 0 Å². The number of carbonyl (C=O) groups is 1. The van der Waals surface area contributed by atoms with Crippen molar-refractivity contribution < 1.29 is 17.9 Å². The van der Waals surface area contributed by atoms with Crippen molar-refractivity contribution in [1.82, 2.24) is 4.31 Å². The summed E-state index contributed by atoms with van der Waals surface area (Å²) in [4.78, 5) is 11.3. The number of ether oxygens (including phenoxy) is 1. The second kappa shape index (κ2) is 9.89. The number of hydrogen-bond acceptors (Lipinski definition) is 5. The number of carbonyl (C=O) groups excluding carboxylic acids is 1. The molecule has 0 aromatic carbocycles. The van der Waals surface area contributed by atoms with E-state index in [2.05, 4.69) is 6.92 Å². The molecular formula is C10H20AlNO4S. The van der Waals surface area contributed by atoms with Crippen molar-refractivity contribution in [2.45, 2.75) is 32.0 Å². The van der Waals surface area contributed by atoms with Crippen LogP contribution in [0.3, 0.4) is 0 Å². The SMILES string of the molecule is CCOC(=O)C1CCCN([S-](=O)=O)C1.C[CH2][AlH+]. The second-order valence-electron chi connectivity index (χ2n) is 3.70. The molecule has 17 heavy (non-hydrogen) atoms. The van der Waals surface area contributed by atoms with Crippen molar-refractivity contribution in [3.8, 4) is 0 Å². The van der Waals surface area contributed by atoms with E-state index in [-0.39, 0.29) is 18.4 Å². The maximum atomic E-state index is 11.3. The molecule has 1 rings (SSSR count). The number of esters is 1. The van der Waals surface area contributed by atoms with Crippen LogP contribution in [0.2, 0.25) is 5.28 Å². The third-order valence-corrected chi connectivity index (χ3v) is 2.97. The zero-order chi connectivity index (χ0) is 13.3. The molecule has 0 spiro atoms. The monoisotopic (exact) mass is 277 g/mol. The van der Waals surface area contributed by atoms with E-state index >= 15 is 0 Å². The third-order valence-electron chi connectivity index (χ3n) is 2.21. The van der Waals surface area contributed by atoms with Crippen LogP contribution in [0, 0.1) is 5.92 Å². The number of piperidine rings is 1. The molecule has 1 fully saturated rings. The second-order valence-corrected chi connectivity index (χ2v) is 5.65. The van der Waals surface area contributed by atoms with Gasteiger partial charge in [0.1, 0.15) is 0 Å².